The summed E-state index contributed by atoms with van der Waals surface area (Å²) in [7, 11) is 2.09. The summed E-state index contributed by atoms with van der Waals surface area (Å²) in [4.78, 5) is 0. The number of nitrogens with one attached hydrogen (secondary N) is 1. The van der Waals surface area contributed by atoms with Crippen molar-refractivity contribution in [3.05, 3.63) is 51.8 Å². The van der Waals surface area contributed by atoms with E-state index in [9.17, 15) is 10.2 Å². The molecule has 3 N–H and O–H groups in total. The molecule has 0 fully saturated rings. The van der Waals surface area contributed by atoms with Crippen molar-refractivity contribution < 1.29 is 14.8 Å². The highest BCUT2D eigenvalue weighted by Crippen LogP contribution is 2.36. The molecule has 4 rings (SSSR count). The summed E-state index contributed by atoms with van der Waals surface area (Å²) in [6, 6.07) is 9.69. The number of rotatable bonds is 3. The third-order valence-corrected chi connectivity index (χ3v) is 6.01. The fourth-order valence-electron chi connectivity index (χ4n) is 3.85. The maximum absolute atomic E-state index is 10.4. The van der Waals surface area contributed by atoms with Crippen LogP contribution in [-0.2, 0) is 6.42 Å². The van der Waals surface area contributed by atoms with E-state index in [0.29, 0.717) is 28.6 Å². The quantitative estimate of drug-likeness (QED) is 0.461. The fraction of sp³-hybridized carbons (Fsp3) is 0.286. The maximum atomic E-state index is 10.4. The van der Waals surface area contributed by atoms with Crippen LogP contribution in [0.5, 0.6) is 11.5 Å². The molecule has 3 aromatic rings. The first kappa shape index (κ1) is 18.4. The van der Waals surface area contributed by atoms with Gasteiger partial charge in [-0.05, 0) is 48.5 Å². The van der Waals surface area contributed by atoms with E-state index in [2.05, 4.69) is 47.8 Å². The van der Waals surface area contributed by atoms with Crippen molar-refractivity contribution in [2.24, 2.45) is 0 Å². The predicted molar refractivity (Wildman–Crippen MR) is 111 cm³/mol. The van der Waals surface area contributed by atoms with Crippen LogP contribution in [0.4, 0.5) is 0 Å². The van der Waals surface area contributed by atoms with Crippen LogP contribution in [0.2, 0.25) is 0 Å². The number of phenols is 2. The van der Waals surface area contributed by atoms with Gasteiger partial charge in [-0.15, -0.1) is 0 Å². The first-order valence-corrected chi connectivity index (χ1v) is 9.68. The van der Waals surface area contributed by atoms with Gasteiger partial charge in [-0.25, -0.2) is 4.58 Å². The highest BCUT2D eigenvalue weighted by molar-refractivity contribution is 7.71. The maximum Gasteiger partial charge on any atom is 0.200 e. The normalized spacial score (nSPS) is 15.9. The molecule has 1 aliphatic rings. The van der Waals surface area contributed by atoms with Gasteiger partial charge in [-0.2, -0.15) is 5.10 Å². The van der Waals surface area contributed by atoms with Crippen molar-refractivity contribution >= 4 is 17.9 Å². The molecule has 1 aliphatic heterocycles. The summed E-state index contributed by atoms with van der Waals surface area (Å²) in [6.07, 6.45) is 0.640. The van der Waals surface area contributed by atoms with E-state index in [1.165, 1.54) is 22.9 Å². The summed E-state index contributed by atoms with van der Waals surface area (Å²) in [5, 5.41) is 27.6. The fourth-order valence-corrected chi connectivity index (χ4v) is 4.09. The lowest BCUT2D eigenvalue weighted by Gasteiger charge is -2.12. The molecule has 2 heterocycles. The number of H-pyrrole nitrogens is 1. The van der Waals surface area contributed by atoms with Crippen molar-refractivity contribution in [3.8, 4) is 28.6 Å². The standard InChI is InChI=1S/C21H22N4O2S/c1-5-13-8-17(19(27)10-18(13)26)20-22-23-21(28)25(20)14-6-7-15-11(2)24(4)12(3)16(15)9-14/h6-11H,5H2,1-4H3,(H2-,22,23,26,27,28)/p+1. The number of aromatic nitrogens is 3. The molecule has 1 atom stereocenters. The number of aromatic hydroxyl groups is 2. The molecule has 0 amide bonds. The van der Waals surface area contributed by atoms with Crippen LogP contribution in [0.25, 0.3) is 17.1 Å². The number of nitrogens with zero attached hydrogens (tertiary/aromatic N) is 3. The highest BCUT2D eigenvalue weighted by atomic mass is 32.1. The number of benzene rings is 2. The van der Waals surface area contributed by atoms with Crippen LogP contribution in [0, 0.1) is 4.77 Å². The molecule has 7 heteroatoms. The third-order valence-electron chi connectivity index (χ3n) is 5.74. The number of hydrogen-bond donors (Lipinski definition) is 3. The Morgan fingerprint density at radius 3 is 2.64 bits per heavy atom. The zero-order valence-electron chi connectivity index (χ0n) is 16.3. The van der Waals surface area contributed by atoms with Crippen LogP contribution in [0.3, 0.4) is 0 Å². The molecule has 6 nitrogen and oxygen atoms in total. The first-order valence-electron chi connectivity index (χ1n) is 9.27. The summed E-state index contributed by atoms with van der Waals surface area (Å²) in [5.74, 6) is 0.542. The Labute approximate surface area is 168 Å². The summed E-state index contributed by atoms with van der Waals surface area (Å²) >= 11 is 5.49. The molecule has 2 aromatic carbocycles. The first-order chi connectivity index (χ1) is 13.3. The van der Waals surface area contributed by atoms with E-state index in [1.54, 1.807) is 6.07 Å². The molecule has 0 bridgehead atoms. The van der Waals surface area contributed by atoms with Gasteiger partial charge in [-0.1, -0.05) is 6.92 Å². The largest absolute Gasteiger partial charge is 0.508 e. The average Bonchev–Trinajstić information content (AvgIpc) is 3.15. The highest BCUT2D eigenvalue weighted by Gasteiger charge is 2.30. The zero-order valence-corrected chi connectivity index (χ0v) is 17.1. The van der Waals surface area contributed by atoms with Gasteiger partial charge in [-0.3, -0.25) is 9.67 Å². The van der Waals surface area contributed by atoms with E-state index in [4.69, 9.17) is 12.2 Å². The summed E-state index contributed by atoms with van der Waals surface area (Å²) < 4.78 is 4.51. The van der Waals surface area contributed by atoms with Crippen molar-refractivity contribution in [1.82, 2.24) is 14.8 Å². The number of fused-ring (bicyclic) bond motifs is 1. The Kier molecular flexibility index (Phi) is 4.34. The van der Waals surface area contributed by atoms with Gasteiger partial charge in [0.15, 0.2) is 22.3 Å². The minimum Gasteiger partial charge on any atom is -0.508 e. The molecule has 0 radical (unpaired) electrons. The molecule has 0 spiro atoms. The van der Waals surface area contributed by atoms with E-state index < -0.39 is 0 Å². The van der Waals surface area contributed by atoms with Gasteiger partial charge in [0.25, 0.3) is 0 Å². The SMILES string of the molecule is CCc1cc(-c2n[nH]c(=S)n2-c2ccc3c(c2)C(C)=[N+](C)C3C)c(O)cc1O. The number of aromatic amines is 1. The van der Waals surface area contributed by atoms with E-state index in [0.717, 1.165) is 11.3 Å². The molecule has 28 heavy (non-hydrogen) atoms. The zero-order chi connectivity index (χ0) is 20.2. The average molecular weight is 396 g/mol. The third kappa shape index (κ3) is 2.65. The van der Waals surface area contributed by atoms with E-state index in [1.807, 2.05) is 17.6 Å². The topological polar surface area (TPSA) is 77.1 Å². The molecular formula is C21H23N4O2S+. The molecule has 1 unspecified atom stereocenters. The van der Waals surface area contributed by atoms with Gasteiger partial charge >= 0.3 is 0 Å². The Bertz CT molecular complexity index is 1190. The van der Waals surface area contributed by atoms with Crippen LogP contribution < -0.4 is 0 Å². The lowest BCUT2D eigenvalue weighted by molar-refractivity contribution is -0.535. The summed E-state index contributed by atoms with van der Waals surface area (Å²) in [5.41, 5.74) is 5.81. The molecular weight excluding hydrogens is 372 g/mol. The number of phenolic OH excluding ortho intramolecular Hbond substituents is 2. The molecule has 1 aromatic heterocycles. The minimum atomic E-state index is -0.0396. The second-order valence-electron chi connectivity index (χ2n) is 7.18. The van der Waals surface area contributed by atoms with Gasteiger partial charge in [0.2, 0.25) is 0 Å². The van der Waals surface area contributed by atoms with Gasteiger partial charge in [0, 0.05) is 25.5 Å². The Morgan fingerprint density at radius 1 is 1.18 bits per heavy atom. The van der Waals surface area contributed by atoms with Gasteiger partial charge in [0.1, 0.15) is 18.5 Å². The Hall–Kier alpha value is -2.93. The monoisotopic (exact) mass is 395 g/mol. The lowest BCUT2D eigenvalue weighted by atomic mass is 10.0. The van der Waals surface area contributed by atoms with Crippen LogP contribution >= 0.6 is 12.2 Å². The van der Waals surface area contributed by atoms with Crippen molar-refractivity contribution in [2.45, 2.75) is 33.2 Å². The van der Waals surface area contributed by atoms with Crippen molar-refractivity contribution in [1.29, 1.82) is 0 Å². The van der Waals surface area contributed by atoms with Crippen LogP contribution in [-0.4, -0.2) is 42.3 Å². The Balaban J connectivity index is 1.92. The Morgan fingerprint density at radius 2 is 1.93 bits per heavy atom. The molecule has 0 aliphatic carbocycles. The number of hydrogen-bond acceptors (Lipinski definition) is 4. The van der Waals surface area contributed by atoms with Gasteiger partial charge < -0.3 is 10.2 Å². The second-order valence-corrected chi connectivity index (χ2v) is 7.57. The lowest BCUT2D eigenvalue weighted by Crippen LogP contribution is -2.09. The van der Waals surface area contributed by atoms with E-state index in [-0.39, 0.29) is 11.5 Å². The van der Waals surface area contributed by atoms with Crippen LogP contribution in [0.1, 0.15) is 43.5 Å². The van der Waals surface area contributed by atoms with Crippen molar-refractivity contribution in [3.63, 3.8) is 0 Å². The molecule has 144 valence electrons. The second kappa shape index (κ2) is 6.60. The van der Waals surface area contributed by atoms with Gasteiger partial charge in [0.05, 0.1) is 16.8 Å². The van der Waals surface area contributed by atoms with Crippen LogP contribution in [0.15, 0.2) is 30.3 Å². The van der Waals surface area contributed by atoms with E-state index >= 15 is 0 Å². The molecule has 0 saturated heterocycles. The minimum absolute atomic E-state index is 0.0396. The summed E-state index contributed by atoms with van der Waals surface area (Å²) in [6.45, 7) is 6.25. The van der Waals surface area contributed by atoms with Crippen molar-refractivity contribution in [2.75, 3.05) is 7.05 Å². The molecule has 0 saturated carbocycles. The number of aryl methyl sites for hydroxylation is 1. The predicted octanol–water partition coefficient (Wildman–Crippen LogP) is 4.10. The smallest absolute Gasteiger partial charge is 0.200 e.